The van der Waals surface area contributed by atoms with Crippen molar-refractivity contribution in [1.82, 2.24) is 0 Å². The van der Waals surface area contributed by atoms with Crippen LogP contribution in [-0.4, -0.2) is 0 Å². The van der Waals surface area contributed by atoms with E-state index in [0.717, 1.165) is 11.1 Å². The van der Waals surface area contributed by atoms with E-state index in [2.05, 4.69) is 0 Å². The Kier molecular flexibility index (Phi) is 1.88. The number of halogens is 1. The van der Waals surface area contributed by atoms with Crippen LogP contribution in [0.25, 0.3) is 11.1 Å². The Labute approximate surface area is 75.6 Å². The van der Waals surface area contributed by atoms with Crippen LogP contribution in [0.5, 0.6) is 0 Å². The van der Waals surface area contributed by atoms with Crippen molar-refractivity contribution in [3.63, 3.8) is 0 Å². The van der Waals surface area contributed by atoms with E-state index >= 15 is 0 Å². The Balaban J connectivity index is 2.51. The molecular formula is C10H7ClO. The molecule has 0 saturated heterocycles. The van der Waals surface area contributed by atoms with Gasteiger partial charge in [0, 0.05) is 5.56 Å². The molecule has 0 saturated carbocycles. The second-order valence-electron chi connectivity index (χ2n) is 2.47. The van der Waals surface area contributed by atoms with Crippen LogP contribution in [0.2, 0.25) is 5.22 Å². The third-order valence-corrected chi connectivity index (χ3v) is 2.00. The molecule has 0 amide bonds. The molecule has 1 heterocycles. The topological polar surface area (TPSA) is 13.1 Å². The lowest BCUT2D eigenvalue weighted by molar-refractivity contribution is 0.570. The van der Waals surface area contributed by atoms with Crippen LogP contribution < -0.4 is 0 Å². The predicted molar refractivity (Wildman–Crippen MR) is 49.2 cm³/mol. The van der Waals surface area contributed by atoms with E-state index in [1.54, 1.807) is 6.26 Å². The fourth-order valence-electron chi connectivity index (χ4n) is 1.12. The van der Waals surface area contributed by atoms with Gasteiger partial charge in [-0.15, -0.1) is 0 Å². The summed E-state index contributed by atoms with van der Waals surface area (Å²) in [7, 11) is 0. The summed E-state index contributed by atoms with van der Waals surface area (Å²) in [6.45, 7) is 0. The average molecular weight is 179 g/mol. The van der Waals surface area contributed by atoms with Crippen LogP contribution in [0.3, 0.4) is 0 Å². The zero-order valence-corrected chi connectivity index (χ0v) is 7.08. The van der Waals surface area contributed by atoms with Crippen molar-refractivity contribution in [2.24, 2.45) is 0 Å². The van der Waals surface area contributed by atoms with E-state index in [1.807, 2.05) is 36.4 Å². The highest BCUT2D eigenvalue weighted by atomic mass is 35.5. The largest absolute Gasteiger partial charge is 0.452 e. The van der Waals surface area contributed by atoms with Gasteiger partial charge in [-0.2, -0.15) is 0 Å². The molecule has 0 spiro atoms. The maximum absolute atomic E-state index is 5.81. The number of furan rings is 1. The summed E-state index contributed by atoms with van der Waals surface area (Å²) < 4.78 is 4.98. The summed E-state index contributed by atoms with van der Waals surface area (Å²) in [6.07, 6.45) is 1.59. The zero-order chi connectivity index (χ0) is 8.39. The summed E-state index contributed by atoms with van der Waals surface area (Å²) in [4.78, 5) is 0. The van der Waals surface area contributed by atoms with Crippen LogP contribution in [-0.2, 0) is 0 Å². The van der Waals surface area contributed by atoms with Gasteiger partial charge >= 0.3 is 0 Å². The number of hydrogen-bond acceptors (Lipinski definition) is 1. The van der Waals surface area contributed by atoms with Crippen LogP contribution in [0.1, 0.15) is 0 Å². The Hall–Kier alpha value is -1.21. The van der Waals surface area contributed by atoms with E-state index in [4.69, 9.17) is 16.0 Å². The van der Waals surface area contributed by atoms with Crippen molar-refractivity contribution in [2.75, 3.05) is 0 Å². The van der Waals surface area contributed by atoms with Gasteiger partial charge in [-0.1, -0.05) is 30.3 Å². The van der Waals surface area contributed by atoms with Gasteiger partial charge in [0.05, 0.1) is 6.26 Å². The Bertz CT molecular complexity index is 364. The molecule has 1 aromatic heterocycles. The minimum Gasteiger partial charge on any atom is -0.452 e. The van der Waals surface area contributed by atoms with E-state index in [9.17, 15) is 0 Å². The molecule has 0 radical (unpaired) electrons. The van der Waals surface area contributed by atoms with Crippen LogP contribution >= 0.6 is 11.6 Å². The van der Waals surface area contributed by atoms with Crippen molar-refractivity contribution in [3.05, 3.63) is 47.9 Å². The first kappa shape index (κ1) is 7.44. The Morgan fingerprint density at radius 3 is 2.33 bits per heavy atom. The third-order valence-electron chi connectivity index (χ3n) is 1.70. The molecule has 1 aromatic carbocycles. The second-order valence-corrected chi connectivity index (χ2v) is 2.82. The molecule has 2 aromatic rings. The van der Waals surface area contributed by atoms with Crippen molar-refractivity contribution < 1.29 is 4.42 Å². The van der Waals surface area contributed by atoms with Gasteiger partial charge in [0.2, 0.25) is 5.22 Å². The smallest absolute Gasteiger partial charge is 0.200 e. The lowest BCUT2D eigenvalue weighted by atomic mass is 10.1. The molecule has 12 heavy (non-hydrogen) atoms. The maximum Gasteiger partial charge on any atom is 0.200 e. The van der Waals surface area contributed by atoms with E-state index in [1.165, 1.54) is 0 Å². The quantitative estimate of drug-likeness (QED) is 0.651. The van der Waals surface area contributed by atoms with Gasteiger partial charge in [0.1, 0.15) is 0 Å². The molecule has 0 bridgehead atoms. The lowest BCUT2D eigenvalue weighted by Crippen LogP contribution is -1.71. The third kappa shape index (κ3) is 1.23. The zero-order valence-electron chi connectivity index (χ0n) is 6.33. The summed E-state index contributed by atoms with van der Waals surface area (Å²) in [5.74, 6) is 0. The summed E-state index contributed by atoms with van der Waals surface area (Å²) in [5.41, 5.74) is 2.02. The molecule has 0 atom stereocenters. The summed E-state index contributed by atoms with van der Waals surface area (Å²) >= 11 is 5.81. The number of hydrogen-bond donors (Lipinski definition) is 0. The fraction of sp³-hybridized carbons (Fsp3) is 0. The van der Waals surface area contributed by atoms with Crippen LogP contribution in [0.15, 0.2) is 47.1 Å². The normalized spacial score (nSPS) is 10.1. The second kappa shape index (κ2) is 3.03. The first-order chi connectivity index (χ1) is 5.88. The summed E-state index contributed by atoms with van der Waals surface area (Å²) in [5, 5.41) is 0.446. The van der Waals surface area contributed by atoms with E-state index < -0.39 is 0 Å². The highest BCUT2D eigenvalue weighted by Gasteiger charge is 2.03. The van der Waals surface area contributed by atoms with Gasteiger partial charge in [0.25, 0.3) is 0 Å². The molecule has 0 fully saturated rings. The highest BCUT2D eigenvalue weighted by Crippen LogP contribution is 2.27. The lowest BCUT2D eigenvalue weighted by Gasteiger charge is -1.95. The minimum absolute atomic E-state index is 0.446. The SMILES string of the molecule is Clc1occc1-c1ccccc1. The standard InChI is InChI=1S/C10H7ClO/c11-10-9(6-7-12-10)8-4-2-1-3-5-8/h1-7H. The van der Waals surface area contributed by atoms with Crippen LogP contribution in [0, 0.1) is 0 Å². The molecule has 2 heteroatoms. The van der Waals surface area contributed by atoms with Crippen molar-refractivity contribution in [1.29, 1.82) is 0 Å². The fourth-order valence-corrected chi connectivity index (χ4v) is 1.34. The molecule has 1 nitrogen and oxygen atoms in total. The van der Waals surface area contributed by atoms with E-state index in [0.29, 0.717) is 5.22 Å². The van der Waals surface area contributed by atoms with Gasteiger partial charge in [-0.25, -0.2) is 0 Å². The first-order valence-corrected chi connectivity index (χ1v) is 4.04. The minimum atomic E-state index is 0.446. The van der Waals surface area contributed by atoms with Crippen molar-refractivity contribution >= 4 is 11.6 Å². The highest BCUT2D eigenvalue weighted by molar-refractivity contribution is 6.31. The first-order valence-electron chi connectivity index (χ1n) is 3.66. The van der Waals surface area contributed by atoms with Gasteiger partial charge in [0.15, 0.2) is 0 Å². The average Bonchev–Trinajstić information content (AvgIpc) is 2.53. The molecule has 0 aliphatic rings. The molecular weight excluding hydrogens is 172 g/mol. The molecule has 0 unspecified atom stereocenters. The van der Waals surface area contributed by atoms with E-state index in [-0.39, 0.29) is 0 Å². The summed E-state index contributed by atoms with van der Waals surface area (Å²) in [6, 6.07) is 11.8. The predicted octanol–water partition coefficient (Wildman–Crippen LogP) is 3.60. The molecule has 0 aliphatic carbocycles. The molecule has 0 N–H and O–H groups in total. The maximum atomic E-state index is 5.81. The van der Waals surface area contributed by atoms with Gasteiger partial charge in [-0.05, 0) is 23.2 Å². The Morgan fingerprint density at radius 2 is 1.75 bits per heavy atom. The molecule has 2 rings (SSSR count). The van der Waals surface area contributed by atoms with Gasteiger partial charge < -0.3 is 4.42 Å². The van der Waals surface area contributed by atoms with Gasteiger partial charge in [-0.3, -0.25) is 0 Å². The van der Waals surface area contributed by atoms with Crippen molar-refractivity contribution in [3.8, 4) is 11.1 Å². The number of rotatable bonds is 1. The number of benzene rings is 1. The van der Waals surface area contributed by atoms with Crippen molar-refractivity contribution in [2.45, 2.75) is 0 Å². The Morgan fingerprint density at radius 1 is 1.00 bits per heavy atom. The van der Waals surface area contributed by atoms with Crippen LogP contribution in [0.4, 0.5) is 0 Å². The molecule has 0 aliphatic heterocycles. The monoisotopic (exact) mass is 178 g/mol. The molecule has 60 valence electrons.